The van der Waals surface area contributed by atoms with Crippen LogP contribution in [0.3, 0.4) is 0 Å². The second-order valence-corrected chi connectivity index (χ2v) is 7.52. The van der Waals surface area contributed by atoms with Gasteiger partial charge in [-0.05, 0) is 24.0 Å². The number of fused-ring (bicyclic) bond motifs is 1. The molecule has 9 nitrogen and oxygen atoms in total. The van der Waals surface area contributed by atoms with E-state index in [4.69, 9.17) is 4.74 Å². The van der Waals surface area contributed by atoms with Crippen LogP contribution in [0, 0.1) is 0 Å². The highest BCUT2D eigenvalue weighted by molar-refractivity contribution is 7.98. The van der Waals surface area contributed by atoms with E-state index in [1.54, 1.807) is 22.7 Å². The molecule has 0 fully saturated rings. The summed E-state index contributed by atoms with van der Waals surface area (Å²) < 4.78 is 6.41. The van der Waals surface area contributed by atoms with Gasteiger partial charge < -0.3 is 19.9 Å². The molecule has 1 aromatic carbocycles. The van der Waals surface area contributed by atoms with Crippen LogP contribution in [0.5, 0.6) is 0 Å². The van der Waals surface area contributed by atoms with Gasteiger partial charge in [0.1, 0.15) is 24.4 Å². The van der Waals surface area contributed by atoms with E-state index >= 15 is 0 Å². The van der Waals surface area contributed by atoms with E-state index in [9.17, 15) is 9.59 Å². The molecular weight excluding hydrogens is 404 g/mol. The summed E-state index contributed by atoms with van der Waals surface area (Å²) in [6.45, 7) is 0.578. The Kier molecular flexibility index (Phi) is 7.61. The summed E-state index contributed by atoms with van der Waals surface area (Å²) >= 11 is 1.60. The van der Waals surface area contributed by atoms with Crippen molar-refractivity contribution < 1.29 is 14.3 Å². The summed E-state index contributed by atoms with van der Waals surface area (Å²) in [5.74, 6) is 0.554. The number of hydrogen-bond acceptors (Lipinski definition) is 8. The quantitative estimate of drug-likeness (QED) is 0.471. The molecule has 2 aromatic heterocycles. The number of thioether (sulfide) groups is 1. The number of carbonyl (C=O) groups is 2. The first-order chi connectivity index (χ1) is 14.6. The lowest BCUT2D eigenvalue weighted by atomic mass is 10.2. The molecule has 0 saturated carbocycles. The Balaban J connectivity index is 1.69. The maximum Gasteiger partial charge on any atom is 0.328 e. The number of nitrogens with zero attached hydrogens (tertiary/aromatic N) is 4. The predicted octanol–water partition coefficient (Wildman–Crippen LogP) is 1.85. The highest BCUT2D eigenvalue weighted by Crippen LogP contribution is 2.18. The van der Waals surface area contributed by atoms with Crippen molar-refractivity contribution >= 4 is 40.6 Å². The first-order valence-corrected chi connectivity index (χ1v) is 10.8. The average Bonchev–Trinajstić information content (AvgIpc) is 3.18. The Bertz CT molecular complexity index is 995. The minimum absolute atomic E-state index is 0.0155. The van der Waals surface area contributed by atoms with Crippen molar-refractivity contribution in [1.29, 1.82) is 0 Å². The van der Waals surface area contributed by atoms with Crippen LogP contribution in [-0.2, 0) is 27.4 Å². The van der Waals surface area contributed by atoms with E-state index < -0.39 is 12.0 Å². The lowest BCUT2D eigenvalue weighted by molar-refractivity contribution is -0.145. The van der Waals surface area contributed by atoms with E-state index in [-0.39, 0.29) is 12.5 Å². The fourth-order valence-electron chi connectivity index (χ4n) is 2.93. The number of benzene rings is 1. The number of aromatic nitrogens is 4. The molecule has 0 aliphatic rings. The van der Waals surface area contributed by atoms with E-state index in [2.05, 4.69) is 25.6 Å². The molecule has 0 unspecified atom stereocenters. The minimum Gasteiger partial charge on any atom is -0.467 e. The summed E-state index contributed by atoms with van der Waals surface area (Å²) in [6, 6.07) is 9.26. The lowest BCUT2D eigenvalue weighted by Gasteiger charge is -2.16. The monoisotopic (exact) mass is 428 g/mol. The van der Waals surface area contributed by atoms with Crippen LogP contribution in [-0.4, -0.2) is 56.6 Å². The number of ether oxygens (including phenoxy) is 1. The third-order valence-corrected chi connectivity index (χ3v) is 5.09. The van der Waals surface area contributed by atoms with Crippen molar-refractivity contribution in [2.24, 2.45) is 0 Å². The third kappa shape index (κ3) is 5.47. The van der Waals surface area contributed by atoms with Gasteiger partial charge in [-0.3, -0.25) is 4.79 Å². The van der Waals surface area contributed by atoms with Crippen molar-refractivity contribution in [2.45, 2.75) is 25.6 Å². The number of hydrogen-bond donors (Lipinski definition) is 2. The van der Waals surface area contributed by atoms with Crippen molar-refractivity contribution in [3.05, 3.63) is 48.5 Å². The molecule has 0 spiro atoms. The molecule has 30 heavy (non-hydrogen) atoms. The van der Waals surface area contributed by atoms with Gasteiger partial charge in [-0.15, -0.1) is 0 Å². The number of methoxy groups -OCH3 is 1. The van der Waals surface area contributed by atoms with Gasteiger partial charge in [-0.2, -0.15) is 11.8 Å². The van der Waals surface area contributed by atoms with E-state index in [1.165, 1.54) is 13.4 Å². The molecule has 0 aliphatic heterocycles. The van der Waals surface area contributed by atoms with Crippen LogP contribution in [0.4, 0.5) is 5.82 Å². The van der Waals surface area contributed by atoms with Crippen LogP contribution < -0.4 is 10.6 Å². The molecule has 0 bridgehead atoms. The van der Waals surface area contributed by atoms with Gasteiger partial charge in [-0.25, -0.2) is 19.7 Å². The van der Waals surface area contributed by atoms with E-state index in [0.29, 0.717) is 29.9 Å². The minimum atomic E-state index is -0.678. The van der Waals surface area contributed by atoms with E-state index in [0.717, 1.165) is 11.3 Å². The van der Waals surface area contributed by atoms with Gasteiger partial charge >= 0.3 is 5.97 Å². The summed E-state index contributed by atoms with van der Waals surface area (Å²) in [6.07, 6.45) is 5.42. The number of imidazole rings is 1. The standard InChI is InChI=1S/C20H24N6O3S/c1-29-20(28)15(8-9-30-2)25-16(27)11-26-13-24-17-18(22-12-23-19(17)26)21-10-14-6-4-3-5-7-14/h3-7,12-13,15H,8-11H2,1-2H3,(H,25,27)(H,21,22,23)/t15-/m0/s1. The van der Waals surface area contributed by atoms with E-state index in [1.807, 2.05) is 36.6 Å². The molecule has 2 N–H and O–H groups in total. The normalized spacial score (nSPS) is 11.8. The highest BCUT2D eigenvalue weighted by Gasteiger charge is 2.21. The van der Waals surface area contributed by atoms with Gasteiger partial charge in [0.2, 0.25) is 5.91 Å². The molecule has 10 heteroatoms. The Morgan fingerprint density at radius 1 is 1.20 bits per heavy atom. The van der Waals surface area contributed by atoms with Gasteiger partial charge in [0.15, 0.2) is 11.5 Å². The van der Waals surface area contributed by atoms with Crippen molar-refractivity contribution in [1.82, 2.24) is 24.8 Å². The van der Waals surface area contributed by atoms with Crippen LogP contribution >= 0.6 is 11.8 Å². The van der Waals surface area contributed by atoms with Crippen LogP contribution in [0.1, 0.15) is 12.0 Å². The lowest BCUT2D eigenvalue weighted by Crippen LogP contribution is -2.43. The van der Waals surface area contributed by atoms with Gasteiger partial charge in [0.05, 0.1) is 13.4 Å². The first-order valence-electron chi connectivity index (χ1n) is 9.42. The fraction of sp³-hybridized carbons (Fsp3) is 0.350. The topological polar surface area (TPSA) is 111 Å². The Morgan fingerprint density at radius 3 is 2.73 bits per heavy atom. The Labute approximate surface area is 178 Å². The van der Waals surface area contributed by atoms with Gasteiger partial charge in [-0.1, -0.05) is 30.3 Å². The zero-order valence-corrected chi connectivity index (χ0v) is 17.7. The second kappa shape index (κ2) is 10.6. The summed E-state index contributed by atoms with van der Waals surface area (Å²) in [7, 11) is 1.31. The smallest absolute Gasteiger partial charge is 0.328 e. The molecule has 1 amide bonds. The number of amides is 1. The van der Waals surface area contributed by atoms with Gasteiger partial charge in [0.25, 0.3) is 0 Å². The van der Waals surface area contributed by atoms with Crippen LogP contribution in [0.25, 0.3) is 11.2 Å². The molecule has 0 saturated heterocycles. The SMILES string of the molecule is COC(=O)[C@H](CCSC)NC(=O)Cn1cnc2c(NCc3ccccc3)ncnc21. The number of rotatable bonds is 10. The molecule has 2 heterocycles. The zero-order valence-electron chi connectivity index (χ0n) is 16.9. The van der Waals surface area contributed by atoms with Crippen LogP contribution in [0.2, 0.25) is 0 Å². The zero-order chi connectivity index (χ0) is 21.3. The first kappa shape index (κ1) is 21.6. The second-order valence-electron chi connectivity index (χ2n) is 6.53. The number of anilines is 1. The summed E-state index contributed by atoms with van der Waals surface area (Å²) in [5.41, 5.74) is 2.23. The van der Waals surface area contributed by atoms with Gasteiger partial charge in [0, 0.05) is 6.54 Å². The Hall–Kier alpha value is -3.14. The predicted molar refractivity (Wildman–Crippen MR) is 116 cm³/mol. The highest BCUT2D eigenvalue weighted by atomic mass is 32.2. The van der Waals surface area contributed by atoms with Crippen molar-refractivity contribution in [3.63, 3.8) is 0 Å². The molecular formula is C20H24N6O3S. The van der Waals surface area contributed by atoms with Crippen molar-refractivity contribution in [2.75, 3.05) is 24.4 Å². The molecule has 1 atom stereocenters. The van der Waals surface area contributed by atoms with Crippen molar-refractivity contribution in [3.8, 4) is 0 Å². The largest absolute Gasteiger partial charge is 0.467 e. The third-order valence-electron chi connectivity index (χ3n) is 4.45. The number of carbonyl (C=O) groups excluding carboxylic acids is 2. The number of esters is 1. The van der Waals surface area contributed by atoms with Crippen LogP contribution in [0.15, 0.2) is 43.0 Å². The summed E-state index contributed by atoms with van der Waals surface area (Å²) in [5, 5.41) is 5.99. The molecule has 158 valence electrons. The average molecular weight is 429 g/mol. The molecule has 3 rings (SSSR count). The fourth-order valence-corrected chi connectivity index (χ4v) is 3.40. The number of nitrogens with one attached hydrogen (secondary N) is 2. The summed E-state index contributed by atoms with van der Waals surface area (Å²) in [4.78, 5) is 37.3. The maximum atomic E-state index is 12.5. The molecule has 3 aromatic rings. The maximum absolute atomic E-state index is 12.5. The molecule has 0 aliphatic carbocycles. The Morgan fingerprint density at radius 2 is 2.00 bits per heavy atom. The molecule has 0 radical (unpaired) electrons.